The number of ether oxygens (including phenoxy) is 2. The van der Waals surface area contributed by atoms with Crippen LogP contribution in [0.2, 0.25) is 0 Å². The first-order valence-corrected chi connectivity index (χ1v) is 9.92. The Bertz CT molecular complexity index is 1090. The molecule has 3 aromatic rings. The Hall–Kier alpha value is -3.40. The second kappa shape index (κ2) is 7.45. The minimum atomic E-state index is -0.249. The SMILES string of the molecule is CC(C(=O)Nc1ccc2c(c1)OCO2)N1CCN(c2ncnc3c2cnn3C)CC1. The number of carbonyl (C=O) groups is 1. The number of hydrogen-bond donors (Lipinski definition) is 1. The smallest absolute Gasteiger partial charge is 0.241 e. The summed E-state index contributed by atoms with van der Waals surface area (Å²) in [5.74, 6) is 2.20. The average Bonchev–Trinajstić information content (AvgIpc) is 3.39. The van der Waals surface area contributed by atoms with E-state index in [1.165, 1.54) is 0 Å². The predicted octanol–water partition coefficient (Wildman–Crippen LogP) is 1.24. The maximum Gasteiger partial charge on any atom is 0.241 e. The van der Waals surface area contributed by atoms with E-state index in [1.807, 2.05) is 26.1 Å². The van der Waals surface area contributed by atoms with Crippen molar-refractivity contribution >= 4 is 28.4 Å². The fraction of sp³-hybridized carbons (Fsp3) is 0.400. The first kappa shape index (κ1) is 18.6. The summed E-state index contributed by atoms with van der Waals surface area (Å²) in [5.41, 5.74) is 1.52. The number of carbonyl (C=O) groups excluding carboxylic acids is 1. The number of nitrogens with zero attached hydrogens (tertiary/aromatic N) is 6. The van der Waals surface area contributed by atoms with Crippen LogP contribution < -0.4 is 19.7 Å². The van der Waals surface area contributed by atoms with Gasteiger partial charge in [0.05, 0.1) is 17.6 Å². The summed E-state index contributed by atoms with van der Waals surface area (Å²) in [6.07, 6.45) is 3.38. The van der Waals surface area contributed by atoms with E-state index in [9.17, 15) is 4.79 Å². The minimum absolute atomic E-state index is 0.0426. The molecule has 10 heteroatoms. The number of hydrogen-bond acceptors (Lipinski definition) is 8. The van der Waals surface area contributed by atoms with E-state index in [2.05, 4.69) is 30.2 Å². The first-order chi connectivity index (χ1) is 14.6. The van der Waals surface area contributed by atoms with Crippen molar-refractivity contribution < 1.29 is 14.3 Å². The van der Waals surface area contributed by atoms with Crippen LogP contribution in [0, 0.1) is 0 Å². The van der Waals surface area contributed by atoms with Crippen LogP contribution in [0.4, 0.5) is 11.5 Å². The van der Waals surface area contributed by atoms with Gasteiger partial charge in [-0.15, -0.1) is 0 Å². The van der Waals surface area contributed by atoms with Crippen LogP contribution in [0.1, 0.15) is 6.92 Å². The van der Waals surface area contributed by atoms with Crippen LogP contribution in [0.5, 0.6) is 11.5 Å². The second-order valence-electron chi connectivity index (χ2n) is 7.46. The van der Waals surface area contributed by atoms with Gasteiger partial charge in [0.25, 0.3) is 0 Å². The van der Waals surface area contributed by atoms with E-state index in [-0.39, 0.29) is 18.7 Å². The van der Waals surface area contributed by atoms with Gasteiger partial charge in [-0.3, -0.25) is 14.4 Å². The largest absolute Gasteiger partial charge is 0.454 e. The molecule has 0 spiro atoms. The summed E-state index contributed by atoms with van der Waals surface area (Å²) in [4.78, 5) is 26.0. The lowest BCUT2D eigenvalue weighted by Crippen LogP contribution is -2.53. The zero-order valence-corrected chi connectivity index (χ0v) is 16.9. The number of amides is 1. The van der Waals surface area contributed by atoms with Crippen LogP contribution in [0.25, 0.3) is 11.0 Å². The Morgan fingerprint density at radius 2 is 1.93 bits per heavy atom. The normalized spacial score (nSPS) is 17.3. The van der Waals surface area contributed by atoms with Gasteiger partial charge in [0.15, 0.2) is 17.1 Å². The summed E-state index contributed by atoms with van der Waals surface area (Å²) < 4.78 is 12.4. The van der Waals surface area contributed by atoms with Crippen LogP contribution in [-0.2, 0) is 11.8 Å². The van der Waals surface area contributed by atoms with Crippen molar-refractivity contribution in [2.24, 2.45) is 7.05 Å². The molecule has 4 heterocycles. The monoisotopic (exact) mass is 409 g/mol. The van der Waals surface area contributed by atoms with Gasteiger partial charge >= 0.3 is 0 Å². The molecule has 2 aliphatic heterocycles. The Balaban J connectivity index is 1.22. The lowest BCUT2D eigenvalue weighted by Gasteiger charge is -2.38. The minimum Gasteiger partial charge on any atom is -0.454 e. The molecule has 0 aliphatic carbocycles. The van der Waals surface area contributed by atoms with Crippen molar-refractivity contribution in [2.45, 2.75) is 13.0 Å². The van der Waals surface area contributed by atoms with E-state index >= 15 is 0 Å². The number of benzene rings is 1. The van der Waals surface area contributed by atoms with Crippen LogP contribution >= 0.6 is 0 Å². The van der Waals surface area contributed by atoms with Crippen molar-refractivity contribution in [2.75, 3.05) is 43.2 Å². The molecule has 2 aliphatic rings. The molecule has 0 saturated carbocycles. The summed E-state index contributed by atoms with van der Waals surface area (Å²) in [6.45, 7) is 5.24. The van der Waals surface area contributed by atoms with E-state index in [0.29, 0.717) is 17.2 Å². The van der Waals surface area contributed by atoms with Gasteiger partial charge in [-0.1, -0.05) is 0 Å². The van der Waals surface area contributed by atoms with Crippen LogP contribution in [0.3, 0.4) is 0 Å². The topological polar surface area (TPSA) is 97.6 Å². The number of aryl methyl sites for hydroxylation is 1. The van der Waals surface area contributed by atoms with Gasteiger partial charge in [-0.05, 0) is 19.1 Å². The summed E-state index contributed by atoms with van der Waals surface area (Å²) in [6, 6.07) is 5.17. The number of rotatable bonds is 4. The van der Waals surface area contributed by atoms with Gasteiger partial charge < -0.3 is 19.7 Å². The number of aromatic nitrogens is 4. The molecule has 1 aromatic carbocycles. The van der Waals surface area contributed by atoms with Crippen LogP contribution in [-0.4, -0.2) is 69.6 Å². The average molecular weight is 409 g/mol. The van der Waals surface area contributed by atoms with Crippen LogP contribution in [0.15, 0.2) is 30.7 Å². The highest BCUT2D eigenvalue weighted by atomic mass is 16.7. The van der Waals surface area contributed by atoms with E-state index in [4.69, 9.17) is 9.47 Å². The van der Waals surface area contributed by atoms with Gasteiger partial charge in [-0.2, -0.15) is 5.10 Å². The zero-order chi connectivity index (χ0) is 20.7. The van der Waals surface area contributed by atoms with Gasteiger partial charge in [0.1, 0.15) is 12.1 Å². The molecular weight excluding hydrogens is 386 g/mol. The Morgan fingerprint density at radius 1 is 1.13 bits per heavy atom. The lowest BCUT2D eigenvalue weighted by atomic mass is 10.2. The predicted molar refractivity (Wildman–Crippen MR) is 111 cm³/mol. The van der Waals surface area contributed by atoms with Gasteiger partial charge in [-0.25, -0.2) is 9.97 Å². The van der Waals surface area contributed by atoms with Crippen molar-refractivity contribution in [3.05, 3.63) is 30.7 Å². The third-order valence-electron chi connectivity index (χ3n) is 5.69. The second-order valence-corrected chi connectivity index (χ2v) is 7.46. The highest BCUT2D eigenvalue weighted by Gasteiger charge is 2.27. The van der Waals surface area contributed by atoms with E-state index < -0.39 is 0 Å². The van der Waals surface area contributed by atoms with Gasteiger partial charge in [0.2, 0.25) is 12.7 Å². The molecule has 10 nitrogen and oxygen atoms in total. The Labute approximate surface area is 173 Å². The quantitative estimate of drug-likeness (QED) is 0.688. The third-order valence-corrected chi connectivity index (χ3v) is 5.69. The molecule has 0 bridgehead atoms. The lowest BCUT2D eigenvalue weighted by molar-refractivity contribution is -0.120. The van der Waals surface area contributed by atoms with E-state index in [0.717, 1.165) is 43.0 Å². The maximum atomic E-state index is 12.8. The highest BCUT2D eigenvalue weighted by Crippen LogP contribution is 2.34. The first-order valence-electron chi connectivity index (χ1n) is 9.92. The molecule has 1 fully saturated rings. The fourth-order valence-corrected chi connectivity index (χ4v) is 3.91. The summed E-state index contributed by atoms with van der Waals surface area (Å²) >= 11 is 0. The number of anilines is 2. The Morgan fingerprint density at radius 3 is 2.77 bits per heavy atom. The molecule has 156 valence electrons. The van der Waals surface area contributed by atoms with Crippen molar-refractivity contribution in [1.82, 2.24) is 24.6 Å². The molecule has 1 amide bonds. The fourth-order valence-electron chi connectivity index (χ4n) is 3.91. The third kappa shape index (κ3) is 3.28. The summed E-state index contributed by atoms with van der Waals surface area (Å²) in [5, 5.41) is 8.21. The van der Waals surface area contributed by atoms with Crippen molar-refractivity contribution in [1.29, 1.82) is 0 Å². The molecular formula is C20H23N7O3. The number of piperazine rings is 1. The molecule has 30 heavy (non-hydrogen) atoms. The van der Waals surface area contributed by atoms with E-state index in [1.54, 1.807) is 23.3 Å². The highest BCUT2D eigenvalue weighted by molar-refractivity contribution is 5.95. The van der Waals surface area contributed by atoms with Crippen molar-refractivity contribution in [3.8, 4) is 11.5 Å². The molecule has 1 atom stereocenters. The molecule has 1 unspecified atom stereocenters. The number of fused-ring (bicyclic) bond motifs is 2. The Kier molecular flexibility index (Phi) is 4.62. The van der Waals surface area contributed by atoms with Gasteiger partial charge in [0, 0.05) is 45.0 Å². The molecule has 2 aromatic heterocycles. The standard InChI is InChI=1S/C20H23N7O3/c1-13(20(28)24-14-3-4-16-17(9-14)30-12-29-16)26-5-7-27(8-6-26)19-15-10-23-25(2)18(15)21-11-22-19/h3-4,9-11,13H,5-8,12H2,1-2H3,(H,24,28). The molecule has 1 saturated heterocycles. The molecule has 0 radical (unpaired) electrons. The summed E-state index contributed by atoms with van der Waals surface area (Å²) in [7, 11) is 1.87. The van der Waals surface area contributed by atoms with Crippen molar-refractivity contribution in [3.63, 3.8) is 0 Å². The molecule has 1 N–H and O–H groups in total. The molecule has 5 rings (SSSR count). The maximum absolute atomic E-state index is 12.8. The number of nitrogens with one attached hydrogen (secondary N) is 1. The zero-order valence-electron chi connectivity index (χ0n) is 16.9.